The maximum atomic E-state index is 13.1. The van der Waals surface area contributed by atoms with Crippen molar-refractivity contribution in [2.24, 2.45) is 5.16 Å². The number of thiazole rings is 1. The molecule has 3 aromatic heterocycles. The minimum absolute atomic E-state index is 0.134. The quantitative estimate of drug-likeness (QED) is 0.113. The normalized spacial score (nSPS) is 19.1. The molecule has 0 bridgehead atoms. The molecule has 4 N–H and O–H groups in total. The van der Waals surface area contributed by atoms with Gasteiger partial charge in [0.05, 0.1) is 16.9 Å². The Bertz CT molecular complexity index is 1610. The number of amides is 2. The van der Waals surface area contributed by atoms with E-state index >= 15 is 0 Å². The summed E-state index contributed by atoms with van der Waals surface area (Å²) in [5.41, 5.74) is 7.07. The summed E-state index contributed by atoms with van der Waals surface area (Å²) in [6.45, 7) is 1.62. The lowest BCUT2D eigenvalue weighted by Gasteiger charge is -2.49. The molecular formula is C23H21ClN7O6S2+. The molecule has 0 saturated carbocycles. The van der Waals surface area contributed by atoms with Crippen LogP contribution in [0.4, 0.5) is 5.13 Å². The van der Waals surface area contributed by atoms with Crippen LogP contribution in [0.25, 0.3) is 5.52 Å². The Kier molecular flexibility index (Phi) is 7.05. The number of halogens is 1. The molecule has 0 aliphatic carbocycles. The molecule has 1 fully saturated rings. The maximum absolute atomic E-state index is 13.1. The van der Waals surface area contributed by atoms with Gasteiger partial charge in [0, 0.05) is 23.6 Å². The first-order valence-electron chi connectivity index (χ1n) is 11.3. The van der Waals surface area contributed by atoms with E-state index in [0.29, 0.717) is 27.6 Å². The predicted molar refractivity (Wildman–Crippen MR) is 142 cm³/mol. The number of nitrogens with two attached hydrogens (primary N) is 1. The first kappa shape index (κ1) is 26.6. The Morgan fingerprint density at radius 1 is 1.41 bits per heavy atom. The number of anilines is 1. The number of hydrogen-bond acceptors (Lipinski definition) is 10. The van der Waals surface area contributed by atoms with Crippen LogP contribution < -0.4 is 15.6 Å². The predicted octanol–water partition coefficient (Wildman–Crippen LogP) is 0.911. The van der Waals surface area contributed by atoms with E-state index in [9.17, 15) is 24.3 Å². The highest BCUT2D eigenvalue weighted by Gasteiger charge is 2.54. The second kappa shape index (κ2) is 10.3. The Morgan fingerprint density at radius 3 is 2.82 bits per heavy atom. The molecule has 1 saturated heterocycles. The summed E-state index contributed by atoms with van der Waals surface area (Å²) in [6, 6.07) is 0.608. The lowest BCUT2D eigenvalue weighted by molar-refractivity contribution is -0.688. The summed E-state index contributed by atoms with van der Waals surface area (Å²) in [6.07, 6.45) is 5.08. The van der Waals surface area contributed by atoms with Gasteiger partial charge in [0.25, 0.3) is 11.8 Å². The minimum Gasteiger partial charge on any atom is -0.477 e. The summed E-state index contributed by atoms with van der Waals surface area (Å²) < 4.78 is 3.40. The molecule has 2 atom stereocenters. The van der Waals surface area contributed by atoms with Crippen LogP contribution in [0.2, 0.25) is 5.02 Å². The third-order valence-electron chi connectivity index (χ3n) is 6.16. The molecule has 5 heterocycles. The summed E-state index contributed by atoms with van der Waals surface area (Å²) in [4.78, 5) is 60.1. The Hall–Kier alpha value is -3.95. The molecule has 0 spiro atoms. The van der Waals surface area contributed by atoms with E-state index < -0.39 is 29.2 Å². The number of hydrogen-bond donors (Lipinski definition) is 3. The van der Waals surface area contributed by atoms with Crippen molar-refractivity contribution in [2.75, 3.05) is 18.6 Å². The van der Waals surface area contributed by atoms with Crippen molar-refractivity contribution in [1.82, 2.24) is 19.6 Å². The van der Waals surface area contributed by atoms with E-state index in [2.05, 4.69) is 15.5 Å². The number of aromatic nitrogens is 3. The number of nitrogens with zero attached hydrogens (tertiary/aromatic N) is 5. The Balaban J connectivity index is 1.37. The second-order valence-corrected chi connectivity index (χ2v) is 11.0. The minimum atomic E-state index is -1.26. The number of carbonyl (C=O) groups excluding carboxylic acids is 3. The van der Waals surface area contributed by atoms with Gasteiger partial charge in [-0.3, -0.25) is 19.3 Å². The number of carbonyl (C=O) groups is 4. The highest BCUT2D eigenvalue weighted by molar-refractivity contribution is 8.00. The third kappa shape index (κ3) is 4.72. The number of nitrogen functional groups attached to an aromatic ring is 1. The Labute approximate surface area is 233 Å². The van der Waals surface area contributed by atoms with Gasteiger partial charge in [0.15, 0.2) is 35.6 Å². The molecule has 0 unspecified atom stereocenters. The maximum Gasteiger partial charge on any atom is 0.352 e. The fourth-order valence-electron chi connectivity index (χ4n) is 4.44. The zero-order valence-electron chi connectivity index (χ0n) is 20.5. The number of thioether (sulfide) groups is 1. The number of carboxylic acids is 1. The van der Waals surface area contributed by atoms with Gasteiger partial charge in [-0.05, 0) is 6.07 Å². The van der Waals surface area contributed by atoms with E-state index in [1.165, 1.54) is 36.1 Å². The highest BCUT2D eigenvalue weighted by atomic mass is 35.5. The molecule has 3 aromatic rings. The van der Waals surface area contributed by atoms with Gasteiger partial charge in [-0.25, -0.2) is 9.78 Å². The molecule has 13 nitrogen and oxygen atoms in total. The molecule has 0 radical (unpaired) electrons. The van der Waals surface area contributed by atoms with E-state index in [-0.39, 0.29) is 34.6 Å². The number of rotatable bonds is 8. The molecule has 0 aromatic carbocycles. The van der Waals surface area contributed by atoms with Crippen molar-refractivity contribution in [3.8, 4) is 0 Å². The SMILES string of the molecule is CON=C(C(=O)N[C@@H]1C(=O)N2C(C(=O)O)=C(C[n+]3ccn4c(C(C)=O)cc(Cl)c4c3)CS[C@@H]12)c1csc(N)n1. The zero-order chi connectivity index (χ0) is 28.0. The lowest BCUT2D eigenvalue weighted by Crippen LogP contribution is -2.71. The van der Waals surface area contributed by atoms with E-state index in [4.69, 9.17) is 22.2 Å². The second-order valence-electron chi connectivity index (χ2n) is 8.60. The van der Waals surface area contributed by atoms with Crippen molar-refractivity contribution < 1.29 is 33.7 Å². The topological polar surface area (TPSA) is 173 Å². The van der Waals surface area contributed by atoms with Crippen LogP contribution in [-0.2, 0) is 25.8 Å². The molecule has 2 aliphatic heterocycles. The van der Waals surface area contributed by atoms with Crippen molar-refractivity contribution in [3.05, 3.63) is 57.7 Å². The molecule has 16 heteroatoms. The number of aliphatic carboxylic acids is 1. The summed E-state index contributed by atoms with van der Waals surface area (Å²) in [5, 5.41) is 17.9. The van der Waals surface area contributed by atoms with Crippen molar-refractivity contribution in [2.45, 2.75) is 24.9 Å². The molecule has 202 valence electrons. The number of nitrogens with one attached hydrogen (secondary N) is 1. The number of fused-ring (bicyclic) bond motifs is 2. The molecular weight excluding hydrogens is 570 g/mol. The van der Waals surface area contributed by atoms with Gasteiger partial charge in [-0.2, -0.15) is 4.57 Å². The van der Waals surface area contributed by atoms with E-state index in [0.717, 1.165) is 11.3 Å². The fourth-order valence-corrected chi connectivity index (χ4v) is 6.57. The van der Waals surface area contributed by atoms with Crippen LogP contribution in [0.5, 0.6) is 0 Å². The Morgan fingerprint density at radius 2 is 2.18 bits per heavy atom. The number of carboxylic acid groups (broad SMARTS) is 1. The number of β-lactam (4-membered cyclic amide) rings is 1. The van der Waals surface area contributed by atoms with Gasteiger partial charge >= 0.3 is 5.97 Å². The number of Topliss-reactive ketones (excluding diaryl/α,β-unsaturated/α-hetero) is 1. The average molecular weight is 591 g/mol. The highest BCUT2D eigenvalue weighted by Crippen LogP contribution is 2.40. The number of ketones is 1. The van der Waals surface area contributed by atoms with Gasteiger partial charge < -0.3 is 25.4 Å². The molecule has 5 rings (SSSR count). The molecule has 39 heavy (non-hydrogen) atoms. The van der Waals surface area contributed by atoms with E-state index in [1.807, 2.05) is 0 Å². The largest absolute Gasteiger partial charge is 0.477 e. The summed E-state index contributed by atoms with van der Waals surface area (Å²) in [5.74, 6) is -2.37. The zero-order valence-corrected chi connectivity index (χ0v) is 22.8. The van der Waals surface area contributed by atoms with Gasteiger partial charge in [0.1, 0.15) is 35.4 Å². The van der Waals surface area contributed by atoms with Crippen molar-refractivity contribution >= 4 is 74.6 Å². The first-order chi connectivity index (χ1) is 18.6. The monoisotopic (exact) mass is 590 g/mol. The van der Waals surface area contributed by atoms with Gasteiger partial charge in [0.2, 0.25) is 0 Å². The lowest BCUT2D eigenvalue weighted by atomic mass is 10.0. The van der Waals surface area contributed by atoms with Crippen LogP contribution in [0, 0.1) is 0 Å². The van der Waals surface area contributed by atoms with Crippen molar-refractivity contribution in [3.63, 3.8) is 0 Å². The first-order valence-corrected chi connectivity index (χ1v) is 13.6. The van der Waals surface area contributed by atoms with Crippen LogP contribution in [0.15, 0.2) is 46.5 Å². The fraction of sp³-hybridized carbons (Fsp3) is 0.261. The van der Waals surface area contributed by atoms with E-state index in [1.54, 1.807) is 33.6 Å². The van der Waals surface area contributed by atoms with Crippen LogP contribution >= 0.6 is 34.7 Å². The van der Waals surface area contributed by atoms with Crippen molar-refractivity contribution in [1.29, 1.82) is 0 Å². The summed E-state index contributed by atoms with van der Waals surface area (Å²) in [7, 11) is 1.27. The van der Waals surface area contributed by atoms with Crippen LogP contribution in [0.1, 0.15) is 23.1 Å². The number of oxime groups is 1. The van der Waals surface area contributed by atoms with Crippen LogP contribution in [-0.4, -0.2) is 72.9 Å². The smallest absolute Gasteiger partial charge is 0.352 e. The average Bonchev–Trinajstić information content (AvgIpc) is 3.48. The molecule has 2 amide bonds. The van der Waals surface area contributed by atoms with Gasteiger partial charge in [-0.15, -0.1) is 23.1 Å². The standard InChI is InChI=1S/C23H20ClN7O6S2/c1-10(32)14-5-12(24)15-7-29(3-4-30(14)15)6-11-8-38-21-17(20(34)31(21)18(11)22(35)36)27-19(33)16(28-37-2)13-9-39-23(25)26-13/h3-5,7,9,17,21H,6,8H2,1-2H3,(H3-,25,26,27,33,35,36)/p+1/t17-,21+/m1/s1. The van der Waals surface area contributed by atoms with Gasteiger partial charge in [-0.1, -0.05) is 16.8 Å². The summed E-state index contributed by atoms with van der Waals surface area (Å²) >= 11 is 8.76. The van der Waals surface area contributed by atoms with Crippen LogP contribution in [0.3, 0.4) is 0 Å². The molecule has 2 aliphatic rings. The third-order valence-corrected chi connectivity index (χ3v) is 8.47.